The third kappa shape index (κ3) is 17.7. The van der Waals surface area contributed by atoms with Gasteiger partial charge < -0.3 is 70.2 Å². The number of anilines is 1. The second-order valence-electron chi connectivity index (χ2n) is 16.4. The van der Waals surface area contributed by atoms with Crippen LogP contribution in [0.3, 0.4) is 0 Å². The van der Waals surface area contributed by atoms with Crippen molar-refractivity contribution < 1.29 is 43.5 Å². The van der Waals surface area contributed by atoms with Gasteiger partial charge in [0.15, 0.2) is 0 Å². The van der Waals surface area contributed by atoms with E-state index in [0.717, 1.165) is 5.69 Å². The fourth-order valence-corrected chi connectivity index (χ4v) is 7.03. The molecule has 0 saturated carbocycles. The first-order valence-electron chi connectivity index (χ1n) is 22.0. The highest BCUT2D eigenvalue weighted by atomic mass is 16.3. The Bertz CT molecular complexity index is 1900. The van der Waals surface area contributed by atoms with Crippen LogP contribution >= 0.6 is 0 Å². The number of hydrogen-bond acceptors (Lipinski definition) is 13. The van der Waals surface area contributed by atoms with Crippen LogP contribution in [-0.2, 0) is 51.2 Å². The fourth-order valence-electron chi connectivity index (χ4n) is 7.03. The van der Waals surface area contributed by atoms with E-state index in [1.54, 1.807) is 61.6 Å². The van der Waals surface area contributed by atoms with Gasteiger partial charge in [0, 0.05) is 25.7 Å². The Morgan fingerprint density at radius 2 is 1.11 bits per heavy atom. The molecular weight excluding hydrogens is 841 g/mol. The van der Waals surface area contributed by atoms with Gasteiger partial charge in [0.2, 0.25) is 47.3 Å². The monoisotopic (exact) mass is 909 g/mol. The highest BCUT2D eigenvalue weighted by Crippen LogP contribution is 2.12. The predicted octanol–water partition coefficient (Wildman–Crippen LogP) is -3.10. The molecule has 0 spiro atoms. The summed E-state index contributed by atoms with van der Waals surface area (Å²) in [5.74, 6) is -6.31. The standard InChI is InChI=1S/C44H68N12O9/c1-25(2)22-34-42(63)53-30(14-18-45)38(59)52-32(16-20-47)41(62)56-37(26(3)57)44(65)49-21-17-33(50-36(58)24-28-10-12-29(48-4)13-11-28)40(61)51-31(15-19-46)39(60)55-35(43(64)54-34)23-27-8-6-5-7-9-27/h5-13,25-26,30-35,37,48,57H,14-24,45-47H2,1-4H3,(H,49,65)(H,50,58)(H,51,61)(H,52,59)(H,53,63)(H,54,64)(H,55,60)(H,56,62)/t26-,30+,31+,32+,33+,34+,35-,37+/m1/s1. The zero-order chi connectivity index (χ0) is 48.1. The minimum atomic E-state index is -1.55. The first kappa shape index (κ1) is 53.2. The van der Waals surface area contributed by atoms with Crippen molar-refractivity contribution in [2.75, 3.05) is 38.5 Å². The number of carbonyl (C=O) groups excluding carboxylic acids is 8. The van der Waals surface area contributed by atoms with Gasteiger partial charge in [0.1, 0.15) is 42.3 Å². The number of amides is 8. The fraction of sp³-hybridized carbons (Fsp3) is 0.545. The maximum Gasteiger partial charge on any atom is 0.245 e. The van der Waals surface area contributed by atoms with Crippen LogP contribution in [0.4, 0.5) is 5.69 Å². The van der Waals surface area contributed by atoms with Crippen LogP contribution in [0.1, 0.15) is 64.0 Å². The van der Waals surface area contributed by atoms with Crippen molar-refractivity contribution in [1.82, 2.24) is 42.5 Å². The average Bonchev–Trinajstić information content (AvgIpc) is 3.26. The molecule has 0 radical (unpaired) electrons. The van der Waals surface area contributed by atoms with Crippen molar-refractivity contribution in [1.29, 1.82) is 0 Å². The second-order valence-corrected chi connectivity index (χ2v) is 16.4. The largest absolute Gasteiger partial charge is 0.391 e. The Labute approximate surface area is 379 Å². The Morgan fingerprint density at radius 1 is 0.631 bits per heavy atom. The van der Waals surface area contributed by atoms with Crippen LogP contribution < -0.4 is 65.1 Å². The maximum absolute atomic E-state index is 14.2. The molecule has 16 N–H and O–H groups in total. The third-order valence-electron chi connectivity index (χ3n) is 10.6. The summed E-state index contributed by atoms with van der Waals surface area (Å²) in [6, 6.07) is 6.50. The lowest BCUT2D eigenvalue weighted by atomic mass is 10.00. The van der Waals surface area contributed by atoms with E-state index < -0.39 is 95.7 Å². The molecule has 1 heterocycles. The van der Waals surface area contributed by atoms with Gasteiger partial charge in [-0.1, -0.05) is 56.3 Å². The zero-order valence-corrected chi connectivity index (χ0v) is 37.6. The summed E-state index contributed by atoms with van der Waals surface area (Å²) in [5.41, 5.74) is 19.7. The second kappa shape index (κ2) is 27.2. The summed E-state index contributed by atoms with van der Waals surface area (Å²) in [7, 11) is 1.75. The quantitative estimate of drug-likeness (QED) is 0.0844. The minimum absolute atomic E-state index is 0.0261. The highest BCUT2D eigenvalue weighted by Gasteiger charge is 2.35. The van der Waals surface area contributed by atoms with Crippen molar-refractivity contribution in [2.45, 2.75) is 114 Å². The van der Waals surface area contributed by atoms with E-state index in [9.17, 15) is 43.5 Å². The SMILES string of the molecule is CNc1ccc(CC(=O)N[C@H]2CCNC(=O)[C@H]([C@@H](C)O)NC(=O)[C@H](CCN)NC(=O)[C@H](CCN)NC(=O)[C@H](CC(C)C)NC(=O)[C@@H](Cc3ccccc3)NC(=O)[C@H](CCN)NC2=O)cc1. The Balaban J connectivity index is 2.09. The lowest BCUT2D eigenvalue weighted by Crippen LogP contribution is -2.61. The maximum atomic E-state index is 14.2. The summed E-state index contributed by atoms with van der Waals surface area (Å²) in [5, 5.41) is 34.6. The van der Waals surface area contributed by atoms with E-state index in [-0.39, 0.29) is 77.0 Å². The van der Waals surface area contributed by atoms with Gasteiger partial charge in [0.05, 0.1) is 12.5 Å². The molecule has 1 aliphatic heterocycles. The van der Waals surface area contributed by atoms with Crippen molar-refractivity contribution in [3.05, 3.63) is 65.7 Å². The molecule has 2 aromatic carbocycles. The molecule has 21 nitrogen and oxygen atoms in total. The molecule has 1 saturated heterocycles. The van der Waals surface area contributed by atoms with Crippen molar-refractivity contribution in [3.63, 3.8) is 0 Å². The van der Waals surface area contributed by atoms with Crippen molar-refractivity contribution >= 4 is 52.9 Å². The lowest BCUT2D eigenvalue weighted by molar-refractivity contribution is -0.136. The number of aliphatic hydroxyl groups excluding tert-OH is 1. The van der Waals surface area contributed by atoms with Crippen LogP contribution in [0.25, 0.3) is 0 Å². The van der Waals surface area contributed by atoms with Crippen LogP contribution in [0.15, 0.2) is 54.6 Å². The molecule has 3 rings (SSSR count). The molecular formula is C44H68N12O9. The zero-order valence-electron chi connectivity index (χ0n) is 37.6. The first-order valence-corrected chi connectivity index (χ1v) is 22.0. The van der Waals surface area contributed by atoms with E-state index in [1.165, 1.54) is 6.92 Å². The molecule has 1 fully saturated rings. The summed E-state index contributed by atoms with van der Waals surface area (Å²) < 4.78 is 0. The predicted molar refractivity (Wildman–Crippen MR) is 243 cm³/mol. The Kier molecular flexibility index (Phi) is 22.3. The van der Waals surface area contributed by atoms with Crippen LogP contribution in [0.5, 0.6) is 0 Å². The number of rotatable bonds is 15. The molecule has 65 heavy (non-hydrogen) atoms. The number of carbonyl (C=O) groups is 8. The van der Waals surface area contributed by atoms with Crippen molar-refractivity contribution in [2.24, 2.45) is 23.1 Å². The summed E-state index contributed by atoms with van der Waals surface area (Å²) in [6.45, 7) is 4.44. The van der Waals surface area contributed by atoms with Gasteiger partial charge in [-0.05, 0) is 87.8 Å². The molecule has 0 unspecified atom stereocenters. The summed E-state index contributed by atoms with van der Waals surface area (Å²) in [6.07, 6.45) is -1.96. The molecule has 1 aliphatic rings. The van der Waals surface area contributed by atoms with E-state index in [4.69, 9.17) is 17.2 Å². The molecule has 0 aliphatic carbocycles. The smallest absolute Gasteiger partial charge is 0.245 e. The first-order chi connectivity index (χ1) is 31.0. The van der Waals surface area contributed by atoms with Gasteiger partial charge in [-0.3, -0.25) is 38.4 Å². The average molecular weight is 909 g/mol. The summed E-state index contributed by atoms with van der Waals surface area (Å²) in [4.78, 5) is 111. The van der Waals surface area contributed by atoms with Crippen LogP contribution in [0, 0.1) is 5.92 Å². The lowest BCUT2D eigenvalue weighted by Gasteiger charge is -2.28. The third-order valence-corrected chi connectivity index (χ3v) is 10.6. The highest BCUT2D eigenvalue weighted by molar-refractivity contribution is 5.98. The molecule has 8 amide bonds. The summed E-state index contributed by atoms with van der Waals surface area (Å²) >= 11 is 0. The molecule has 0 bridgehead atoms. The van der Waals surface area contributed by atoms with E-state index >= 15 is 0 Å². The molecule has 0 aromatic heterocycles. The van der Waals surface area contributed by atoms with E-state index in [0.29, 0.717) is 11.1 Å². The van der Waals surface area contributed by atoms with E-state index in [1.807, 2.05) is 13.8 Å². The molecule has 2 aromatic rings. The number of hydrogen-bond donors (Lipinski definition) is 13. The topological polar surface area (TPSA) is 343 Å². The Hall–Kier alpha value is -6.16. The van der Waals surface area contributed by atoms with E-state index in [2.05, 4.69) is 47.9 Å². The van der Waals surface area contributed by atoms with Gasteiger partial charge >= 0.3 is 0 Å². The molecule has 358 valence electrons. The van der Waals surface area contributed by atoms with Crippen LogP contribution in [-0.4, -0.2) is 134 Å². The number of benzene rings is 2. The number of nitrogens with two attached hydrogens (primary N) is 3. The molecule has 21 heteroatoms. The number of nitrogens with one attached hydrogen (secondary N) is 9. The van der Waals surface area contributed by atoms with Gasteiger partial charge in [0.25, 0.3) is 0 Å². The normalized spacial score (nSPS) is 24.0. The Morgan fingerprint density at radius 3 is 1.62 bits per heavy atom. The van der Waals surface area contributed by atoms with Gasteiger partial charge in [-0.25, -0.2) is 0 Å². The van der Waals surface area contributed by atoms with Gasteiger partial charge in [-0.15, -0.1) is 0 Å². The van der Waals surface area contributed by atoms with Gasteiger partial charge in [-0.2, -0.15) is 0 Å². The molecule has 8 atom stereocenters. The number of aliphatic hydroxyl groups is 1. The minimum Gasteiger partial charge on any atom is -0.391 e. The van der Waals surface area contributed by atoms with Crippen molar-refractivity contribution in [3.8, 4) is 0 Å². The van der Waals surface area contributed by atoms with Crippen LogP contribution in [0.2, 0.25) is 0 Å².